The molecule has 3 rings (SSSR count). The highest BCUT2D eigenvalue weighted by atomic mass is 19.1. The maximum atomic E-state index is 13.3. The van der Waals surface area contributed by atoms with Gasteiger partial charge in [-0.25, -0.2) is 4.39 Å². The highest BCUT2D eigenvalue weighted by molar-refractivity contribution is 6.36. The summed E-state index contributed by atoms with van der Waals surface area (Å²) < 4.78 is 13.3. The highest BCUT2D eigenvalue weighted by Crippen LogP contribution is 2.31. The van der Waals surface area contributed by atoms with Crippen molar-refractivity contribution in [1.29, 1.82) is 0 Å². The Labute approximate surface area is 162 Å². The molecule has 0 unspecified atom stereocenters. The summed E-state index contributed by atoms with van der Waals surface area (Å²) in [4.78, 5) is 38.0. The molecule has 7 heteroatoms. The fourth-order valence-corrected chi connectivity index (χ4v) is 2.99. The quantitative estimate of drug-likeness (QED) is 0.752. The number of halogens is 1. The maximum absolute atomic E-state index is 13.3. The Morgan fingerprint density at radius 1 is 0.964 bits per heavy atom. The second kappa shape index (κ2) is 8.04. The molecule has 2 aromatic rings. The van der Waals surface area contributed by atoms with E-state index in [-0.39, 0.29) is 17.2 Å². The number of carbonyl (C=O) groups is 3. The third-order valence-corrected chi connectivity index (χ3v) is 4.22. The number of imide groups is 1. The van der Waals surface area contributed by atoms with Crippen LogP contribution in [-0.2, 0) is 14.4 Å². The van der Waals surface area contributed by atoms with Crippen LogP contribution in [0.4, 0.5) is 15.8 Å². The zero-order valence-electron chi connectivity index (χ0n) is 15.6. The lowest BCUT2D eigenvalue weighted by atomic mass is 10.0. The smallest absolute Gasteiger partial charge is 0.278 e. The van der Waals surface area contributed by atoms with Crippen molar-refractivity contribution in [3.63, 3.8) is 0 Å². The molecule has 0 saturated carbocycles. The standard InChI is InChI=1S/C21H20FN3O3/c1-3-12-25-20(27)18(14-4-6-15(22)7-5-14)19(21(25)28)24-17-10-8-16(9-11-17)23-13(2)26/h4-11,24H,3,12H2,1-2H3,(H,23,26). The van der Waals surface area contributed by atoms with Crippen LogP contribution in [-0.4, -0.2) is 29.2 Å². The summed E-state index contributed by atoms with van der Waals surface area (Å²) >= 11 is 0. The van der Waals surface area contributed by atoms with Gasteiger partial charge in [0.15, 0.2) is 0 Å². The summed E-state index contributed by atoms with van der Waals surface area (Å²) in [6.07, 6.45) is 0.632. The molecule has 0 aliphatic carbocycles. The fourth-order valence-electron chi connectivity index (χ4n) is 2.99. The van der Waals surface area contributed by atoms with Crippen molar-refractivity contribution in [2.75, 3.05) is 17.2 Å². The first-order valence-corrected chi connectivity index (χ1v) is 8.91. The van der Waals surface area contributed by atoms with E-state index >= 15 is 0 Å². The predicted octanol–water partition coefficient (Wildman–Crippen LogP) is 3.39. The van der Waals surface area contributed by atoms with Crippen LogP contribution in [0.3, 0.4) is 0 Å². The summed E-state index contributed by atoms with van der Waals surface area (Å²) in [6.45, 7) is 3.59. The normalized spacial score (nSPS) is 13.9. The van der Waals surface area contributed by atoms with Crippen LogP contribution >= 0.6 is 0 Å². The van der Waals surface area contributed by atoms with Crippen LogP contribution in [0.25, 0.3) is 5.57 Å². The Balaban J connectivity index is 1.97. The van der Waals surface area contributed by atoms with E-state index in [0.29, 0.717) is 29.9 Å². The first-order chi connectivity index (χ1) is 13.4. The van der Waals surface area contributed by atoms with E-state index in [1.807, 2.05) is 6.92 Å². The second-order valence-corrected chi connectivity index (χ2v) is 6.40. The molecule has 6 nitrogen and oxygen atoms in total. The molecule has 0 atom stereocenters. The van der Waals surface area contributed by atoms with Gasteiger partial charge in [-0.1, -0.05) is 19.1 Å². The number of nitrogens with zero attached hydrogens (tertiary/aromatic N) is 1. The number of nitrogens with one attached hydrogen (secondary N) is 2. The zero-order valence-corrected chi connectivity index (χ0v) is 15.6. The van der Waals surface area contributed by atoms with E-state index in [2.05, 4.69) is 10.6 Å². The first-order valence-electron chi connectivity index (χ1n) is 8.91. The van der Waals surface area contributed by atoms with Crippen LogP contribution in [0.5, 0.6) is 0 Å². The van der Waals surface area contributed by atoms with Crippen LogP contribution < -0.4 is 10.6 Å². The molecular formula is C21H20FN3O3. The van der Waals surface area contributed by atoms with Gasteiger partial charge >= 0.3 is 0 Å². The number of rotatable bonds is 6. The van der Waals surface area contributed by atoms with Crippen LogP contribution in [0, 0.1) is 5.82 Å². The van der Waals surface area contributed by atoms with Crippen LogP contribution in [0.2, 0.25) is 0 Å². The number of carbonyl (C=O) groups excluding carboxylic acids is 3. The summed E-state index contributed by atoms with van der Waals surface area (Å²) in [5.74, 6) is -1.43. The van der Waals surface area contributed by atoms with Gasteiger partial charge in [0.05, 0.1) is 5.57 Å². The Bertz CT molecular complexity index is 950. The molecule has 144 valence electrons. The van der Waals surface area contributed by atoms with Crippen molar-refractivity contribution in [3.05, 3.63) is 65.6 Å². The van der Waals surface area contributed by atoms with Crippen molar-refractivity contribution in [3.8, 4) is 0 Å². The second-order valence-electron chi connectivity index (χ2n) is 6.40. The van der Waals surface area contributed by atoms with Crippen LogP contribution in [0.15, 0.2) is 54.2 Å². The number of hydrogen-bond acceptors (Lipinski definition) is 4. The third-order valence-electron chi connectivity index (χ3n) is 4.22. The van der Waals surface area contributed by atoms with E-state index in [0.717, 1.165) is 0 Å². The van der Waals surface area contributed by atoms with Crippen molar-refractivity contribution in [2.24, 2.45) is 0 Å². The molecule has 0 saturated heterocycles. The molecule has 0 spiro atoms. The molecular weight excluding hydrogens is 361 g/mol. The number of hydrogen-bond donors (Lipinski definition) is 2. The van der Waals surface area contributed by atoms with Gasteiger partial charge < -0.3 is 10.6 Å². The lowest BCUT2D eigenvalue weighted by molar-refractivity contribution is -0.136. The van der Waals surface area contributed by atoms with Gasteiger partial charge in [0.25, 0.3) is 11.8 Å². The van der Waals surface area contributed by atoms with Crippen molar-refractivity contribution in [2.45, 2.75) is 20.3 Å². The van der Waals surface area contributed by atoms with Gasteiger partial charge in [0.1, 0.15) is 11.5 Å². The Kier molecular flexibility index (Phi) is 5.54. The predicted molar refractivity (Wildman–Crippen MR) is 105 cm³/mol. The van der Waals surface area contributed by atoms with Gasteiger partial charge in [0.2, 0.25) is 5.91 Å². The Hall–Kier alpha value is -3.48. The molecule has 0 fully saturated rings. The SMILES string of the molecule is CCCN1C(=O)C(Nc2ccc(NC(C)=O)cc2)=C(c2ccc(F)cc2)C1=O. The van der Waals surface area contributed by atoms with Gasteiger partial charge in [-0.15, -0.1) is 0 Å². The molecule has 1 heterocycles. The first kappa shape index (κ1) is 19.3. The van der Waals surface area contributed by atoms with E-state index in [4.69, 9.17) is 0 Å². The average molecular weight is 381 g/mol. The fraction of sp³-hybridized carbons (Fsp3) is 0.190. The minimum atomic E-state index is -0.422. The topological polar surface area (TPSA) is 78.5 Å². The van der Waals surface area contributed by atoms with Gasteiger partial charge in [-0.2, -0.15) is 0 Å². The van der Waals surface area contributed by atoms with Crippen molar-refractivity contribution in [1.82, 2.24) is 4.90 Å². The molecule has 3 amide bonds. The summed E-state index contributed by atoms with van der Waals surface area (Å²) in [7, 11) is 0. The molecule has 2 N–H and O–H groups in total. The maximum Gasteiger partial charge on any atom is 0.278 e. The van der Waals surface area contributed by atoms with E-state index in [1.54, 1.807) is 24.3 Å². The largest absolute Gasteiger partial charge is 0.350 e. The molecule has 0 bridgehead atoms. The van der Waals surface area contributed by atoms with Crippen molar-refractivity contribution < 1.29 is 18.8 Å². The molecule has 2 aromatic carbocycles. The van der Waals surface area contributed by atoms with Crippen molar-refractivity contribution >= 4 is 34.7 Å². The average Bonchev–Trinajstić information content (AvgIpc) is 2.88. The minimum Gasteiger partial charge on any atom is -0.350 e. The zero-order chi connectivity index (χ0) is 20.3. The van der Waals surface area contributed by atoms with Gasteiger partial charge in [0, 0.05) is 24.8 Å². The molecule has 1 aliphatic rings. The Morgan fingerprint density at radius 3 is 2.14 bits per heavy atom. The molecule has 28 heavy (non-hydrogen) atoms. The number of benzene rings is 2. The van der Waals surface area contributed by atoms with Crippen LogP contribution in [0.1, 0.15) is 25.8 Å². The summed E-state index contributed by atoms with van der Waals surface area (Å²) in [5, 5.41) is 5.68. The molecule has 0 radical (unpaired) electrons. The number of anilines is 2. The Morgan fingerprint density at radius 2 is 1.57 bits per heavy atom. The van der Waals surface area contributed by atoms with E-state index in [9.17, 15) is 18.8 Å². The van der Waals surface area contributed by atoms with Gasteiger partial charge in [-0.05, 0) is 48.4 Å². The van der Waals surface area contributed by atoms with E-state index in [1.165, 1.54) is 36.1 Å². The highest BCUT2D eigenvalue weighted by Gasteiger charge is 2.38. The van der Waals surface area contributed by atoms with E-state index < -0.39 is 17.6 Å². The summed E-state index contributed by atoms with van der Waals surface area (Å²) in [5.41, 5.74) is 2.04. The molecule has 1 aliphatic heterocycles. The lowest BCUT2D eigenvalue weighted by Crippen LogP contribution is -2.33. The summed E-state index contributed by atoms with van der Waals surface area (Å²) in [6, 6.07) is 12.2. The molecule has 0 aromatic heterocycles. The minimum absolute atomic E-state index is 0.150. The number of amides is 3. The monoisotopic (exact) mass is 381 g/mol. The lowest BCUT2D eigenvalue weighted by Gasteiger charge is -2.14. The van der Waals surface area contributed by atoms with Gasteiger partial charge in [-0.3, -0.25) is 19.3 Å². The third kappa shape index (κ3) is 3.93.